The largest absolute Gasteiger partial charge is 0.419 e. The lowest BCUT2D eigenvalue weighted by Gasteiger charge is -2.20. The van der Waals surface area contributed by atoms with Crippen LogP contribution in [0.15, 0.2) is 69.3 Å². The molecule has 37 heavy (non-hydrogen) atoms. The molecular weight excluding hydrogens is 516 g/mol. The molecule has 0 radical (unpaired) electrons. The van der Waals surface area contributed by atoms with Gasteiger partial charge in [0.1, 0.15) is 0 Å². The Bertz CT molecular complexity index is 1570. The Hall–Kier alpha value is -3.96. The van der Waals surface area contributed by atoms with Gasteiger partial charge in [0, 0.05) is 17.9 Å². The predicted molar refractivity (Wildman–Crippen MR) is 140 cm³/mol. The average Bonchev–Trinajstić information content (AvgIpc) is 2.82. The number of sulfone groups is 1. The molecule has 11 heteroatoms. The molecule has 0 saturated heterocycles. The number of nitrogens with one attached hydrogen (secondary N) is 1. The number of nitrogens with zero attached hydrogens (tertiary/aromatic N) is 1. The zero-order valence-corrected chi connectivity index (χ0v) is 21.7. The Kier molecular flexibility index (Phi) is 7.19. The van der Waals surface area contributed by atoms with Crippen LogP contribution in [0.2, 0.25) is 0 Å². The number of aryl methyl sites for hydroxylation is 2. The highest BCUT2D eigenvalue weighted by Crippen LogP contribution is 2.41. The smallest absolute Gasteiger partial charge is 0.312 e. The Morgan fingerprint density at radius 2 is 1.81 bits per heavy atom. The molecule has 3 aromatic carbocycles. The zero-order valence-electron chi connectivity index (χ0n) is 20.1. The van der Waals surface area contributed by atoms with Crippen molar-refractivity contribution in [3.8, 4) is 5.75 Å². The molecule has 190 valence electrons. The van der Waals surface area contributed by atoms with Crippen LogP contribution in [0.1, 0.15) is 29.2 Å². The molecule has 4 rings (SSSR count). The number of anilines is 1. The number of fused-ring (bicyclic) bond motifs is 1. The number of hydrogen-bond acceptors (Lipinski definition) is 8. The molecule has 0 spiro atoms. The predicted octanol–water partition coefficient (Wildman–Crippen LogP) is 5.20. The Balaban J connectivity index is 1.61. The standard InChI is InChI=1S/C26H22N2O7S2/c1-15-5-4-6-16(2)20(15)14-37(33,34)19-8-10-24-21(13-19)27-26(30)25(36-24)12-18-7-9-23(35-17(3)29)22(11-18)28(31)32/h4-13H,14H2,1-3H3,(H,27,30)/b25-12+. The molecule has 0 bridgehead atoms. The summed E-state index contributed by atoms with van der Waals surface area (Å²) in [5.41, 5.74) is 2.84. The maximum Gasteiger partial charge on any atom is 0.312 e. The van der Waals surface area contributed by atoms with E-state index < -0.39 is 32.3 Å². The highest BCUT2D eigenvalue weighted by Gasteiger charge is 2.25. The van der Waals surface area contributed by atoms with Crippen LogP contribution in [0, 0.1) is 24.0 Å². The number of hydrogen-bond donors (Lipinski definition) is 1. The molecule has 1 heterocycles. The zero-order chi connectivity index (χ0) is 26.9. The van der Waals surface area contributed by atoms with Crippen LogP contribution in [-0.4, -0.2) is 25.2 Å². The van der Waals surface area contributed by atoms with E-state index in [1.165, 1.54) is 36.4 Å². The summed E-state index contributed by atoms with van der Waals surface area (Å²) < 4.78 is 31.2. The molecule has 0 atom stereocenters. The second-order valence-corrected chi connectivity index (χ2v) is 11.5. The second-order valence-electron chi connectivity index (χ2n) is 8.43. The van der Waals surface area contributed by atoms with E-state index in [-0.39, 0.29) is 21.3 Å². The number of nitro benzene ring substituents is 1. The first-order chi connectivity index (χ1) is 17.4. The number of ether oxygens (including phenoxy) is 1. The minimum absolute atomic E-state index is 0.0962. The van der Waals surface area contributed by atoms with Crippen molar-refractivity contribution in [2.45, 2.75) is 36.3 Å². The quantitative estimate of drug-likeness (QED) is 0.149. The van der Waals surface area contributed by atoms with Crippen molar-refractivity contribution in [2.24, 2.45) is 0 Å². The third-order valence-corrected chi connectivity index (χ3v) is 8.45. The lowest BCUT2D eigenvalue weighted by Crippen LogP contribution is -2.18. The van der Waals surface area contributed by atoms with Crippen molar-refractivity contribution < 1.29 is 27.7 Å². The highest BCUT2D eigenvalue weighted by molar-refractivity contribution is 8.04. The number of carbonyl (C=O) groups excluding carboxylic acids is 2. The van der Waals surface area contributed by atoms with E-state index in [2.05, 4.69) is 5.32 Å². The van der Waals surface area contributed by atoms with Crippen molar-refractivity contribution in [2.75, 3.05) is 5.32 Å². The van der Waals surface area contributed by atoms with E-state index in [0.29, 0.717) is 16.1 Å². The first-order valence-corrected chi connectivity index (χ1v) is 13.5. The molecule has 1 aliphatic rings. The molecule has 1 amide bonds. The van der Waals surface area contributed by atoms with Crippen molar-refractivity contribution >= 4 is 50.9 Å². The number of nitro groups is 1. The molecule has 1 aliphatic heterocycles. The normalized spacial score (nSPS) is 14.1. The van der Waals surface area contributed by atoms with Gasteiger partial charge in [0.2, 0.25) is 5.75 Å². The second kappa shape index (κ2) is 10.2. The summed E-state index contributed by atoms with van der Waals surface area (Å²) in [6.45, 7) is 4.88. The van der Waals surface area contributed by atoms with Crippen LogP contribution in [0.5, 0.6) is 5.75 Å². The lowest BCUT2D eigenvalue weighted by atomic mass is 10.1. The fraction of sp³-hybridized carbons (Fsp3) is 0.154. The van der Waals surface area contributed by atoms with Crippen molar-refractivity contribution in [3.63, 3.8) is 0 Å². The summed E-state index contributed by atoms with van der Waals surface area (Å²) in [6.07, 6.45) is 1.47. The van der Waals surface area contributed by atoms with Gasteiger partial charge in [0.15, 0.2) is 9.84 Å². The summed E-state index contributed by atoms with van der Waals surface area (Å²) >= 11 is 1.12. The summed E-state index contributed by atoms with van der Waals surface area (Å²) in [6, 6.07) is 14.2. The fourth-order valence-corrected chi connectivity index (χ4v) is 6.35. The van der Waals surface area contributed by atoms with Crippen LogP contribution in [0.25, 0.3) is 6.08 Å². The highest BCUT2D eigenvalue weighted by atomic mass is 32.2. The number of esters is 1. The summed E-state index contributed by atoms with van der Waals surface area (Å²) in [4.78, 5) is 35.7. The van der Waals surface area contributed by atoms with Gasteiger partial charge in [-0.15, -0.1) is 0 Å². The number of benzene rings is 3. The van der Waals surface area contributed by atoms with E-state index >= 15 is 0 Å². The number of thioether (sulfide) groups is 1. The molecule has 9 nitrogen and oxygen atoms in total. The van der Waals surface area contributed by atoms with E-state index in [9.17, 15) is 28.1 Å². The first-order valence-electron chi connectivity index (χ1n) is 11.0. The van der Waals surface area contributed by atoms with Gasteiger partial charge in [-0.3, -0.25) is 19.7 Å². The van der Waals surface area contributed by atoms with Gasteiger partial charge >= 0.3 is 11.7 Å². The van der Waals surface area contributed by atoms with Gasteiger partial charge in [-0.1, -0.05) is 36.0 Å². The van der Waals surface area contributed by atoms with Crippen LogP contribution in [0.4, 0.5) is 11.4 Å². The molecule has 0 saturated carbocycles. The molecule has 0 fully saturated rings. The molecule has 1 N–H and O–H groups in total. The maximum atomic E-state index is 13.1. The van der Waals surface area contributed by atoms with Crippen LogP contribution in [-0.2, 0) is 25.2 Å². The van der Waals surface area contributed by atoms with Crippen molar-refractivity contribution in [1.29, 1.82) is 0 Å². The van der Waals surface area contributed by atoms with Gasteiger partial charge in [-0.05, 0) is 66.4 Å². The van der Waals surface area contributed by atoms with Gasteiger partial charge in [0.25, 0.3) is 5.91 Å². The van der Waals surface area contributed by atoms with E-state index in [1.54, 1.807) is 6.07 Å². The van der Waals surface area contributed by atoms with Crippen LogP contribution in [0.3, 0.4) is 0 Å². The number of amides is 1. The number of carbonyl (C=O) groups is 2. The Labute approximate surface area is 217 Å². The minimum Gasteiger partial charge on any atom is -0.419 e. The third kappa shape index (κ3) is 5.73. The molecule has 0 aromatic heterocycles. The molecule has 3 aromatic rings. The maximum absolute atomic E-state index is 13.1. The third-order valence-electron chi connectivity index (χ3n) is 5.71. The van der Waals surface area contributed by atoms with Crippen molar-refractivity contribution in [1.82, 2.24) is 0 Å². The van der Waals surface area contributed by atoms with E-state index in [0.717, 1.165) is 35.4 Å². The van der Waals surface area contributed by atoms with Gasteiger partial charge in [-0.25, -0.2) is 8.42 Å². The average molecular weight is 539 g/mol. The summed E-state index contributed by atoms with van der Waals surface area (Å²) in [5.74, 6) is -1.52. The number of rotatable bonds is 6. The monoisotopic (exact) mass is 538 g/mol. The minimum atomic E-state index is -3.67. The molecular formula is C26H22N2O7S2. The van der Waals surface area contributed by atoms with Crippen LogP contribution < -0.4 is 10.1 Å². The summed E-state index contributed by atoms with van der Waals surface area (Å²) in [7, 11) is -3.67. The Morgan fingerprint density at radius 3 is 2.46 bits per heavy atom. The van der Waals surface area contributed by atoms with E-state index in [1.807, 2.05) is 32.0 Å². The lowest BCUT2D eigenvalue weighted by molar-refractivity contribution is -0.385. The fourth-order valence-electron chi connectivity index (χ4n) is 3.84. The Morgan fingerprint density at radius 1 is 1.11 bits per heavy atom. The SMILES string of the molecule is CC(=O)Oc1ccc(/C=C2/Sc3ccc(S(=O)(=O)Cc4c(C)cccc4C)cc3NC2=O)cc1[N+](=O)[O-]. The molecule has 0 unspecified atom stereocenters. The van der Waals surface area contributed by atoms with E-state index in [4.69, 9.17) is 4.74 Å². The van der Waals surface area contributed by atoms with Crippen molar-refractivity contribution in [3.05, 3.63) is 91.9 Å². The van der Waals surface area contributed by atoms with Gasteiger partial charge in [0.05, 0.1) is 26.2 Å². The van der Waals surface area contributed by atoms with Gasteiger partial charge < -0.3 is 10.1 Å². The van der Waals surface area contributed by atoms with Gasteiger partial charge in [-0.2, -0.15) is 0 Å². The topological polar surface area (TPSA) is 133 Å². The molecule has 0 aliphatic carbocycles. The van der Waals surface area contributed by atoms with Crippen LogP contribution >= 0.6 is 11.8 Å². The first kappa shape index (κ1) is 26.1. The summed E-state index contributed by atoms with van der Waals surface area (Å²) in [5, 5.41) is 14.1.